The van der Waals surface area contributed by atoms with Crippen LogP contribution in [0.3, 0.4) is 0 Å². The van der Waals surface area contributed by atoms with Gasteiger partial charge in [-0.15, -0.1) is 11.8 Å². The molecule has 0 bridgehead atoms. The number of ketones is 1. The van der Waals surface area contributed by atoms with Crippen molar-refractivity contribution in [3.05, 3.63) is 71.3 Å². The summed E-state index contributed by atoms with van der Waals surface area (Å²) in [7, 11) is 0. The maximum absolute atomic E-state index is 13.4. The van der Waals surface area contributed by atoms with Crippen LogP contribution in [0.1, 0.15) is 40.2 Å². The molecule has 2 heterocycles. The topological polar surface area (TPSA) is 29.5 Å². The standard InChI is InChI=1S/C26H24F3NO2S/c27-26(28,29)22-4-2-1-3-21(22)19-7-9-30(16-19)10-8-23(31)18-6-5-17-15-25-24(14-20(17)13-18)32-11-12-33-25/h1-6,13-15,19H,7-12,16H2. The molecule has 5 rings (SSSR count). The summed E-state index contributed by atoms with van der Waals surface area (Å²) in [5.74, 6) is 1.69. The van der Waals surface area contributed by atoms with Crippen molar-refractivity contribution in [3.63, 3.8) is 0 Å². The quantitative estimate of drug-likeness (QED) is 0.403. The van der Waals surface area contributed by atoms with Crippen LogP contribution < -0.4 is 4.74 Å². The van der Waals surface area contributed by atoms with Gasteiger partial charge in [0.25, 0.3) is 0 Å². The zero-order chi connectivity index (χ0) is 23.0. The Balaban J connectivity index is 1.23. The summed E-state index contributed by atoms with van der Waals surface area (Å²) >= 11 is 1.78. The average Bonchev–Trinajstić information content (AvgIpc) is 3.29. The molecule has 1 saturated heterocycles. The summed E-state index contributed by atoms with van der Waals surface area (Å²) in [5.41, 5.74) is 0.467. The second-order valence-electron chi connectivity index (χ2n) is 8.60. The van der Waals surface area contributed by atoms with Crippen LogP contribution in [0.25, 0.3) is 10.8 Å². The highest BCUT2D eigenvalue weighted by Crippen LogP contribution is 2.39. The summed E-state index contributed by atoms with van der Waals surface area (Å²) < 4.78 is 45.9. The van der Waals surface area contributed by atoms with Gasteiger partial charge in [-0.3, -0.25) is 4.79 Å². The van der Waals surface area contributed by atoms with E-state index in [4.69, 9.17) is 4.74 Å². The van der Waals surface area contributed by atoms with Crippen LogP contribution in [0.4, 0.5) is 13.2 Å². The van der Waals surface area contributed by atoms with E-state index < -0.39 is 11.7 Å². The van der Waals surface area contributed by atoms with Crippen LogP contribution in [-0.2, 0) is 6.18 Å². The monoisotopic (exact) mass is 471 g/mol. The molecule has 0 saturated carbocycles. The van der Waals surface area contributed by atoms with Crippen molar-refractivity contribution in [2.75, 3.05) is 32.0 Å². The number of nitrogens with zero attached hydrogens (tertiary/aromatic N) is 1. The molecule has 0 aliphatic carbocycles. The van der Waals surface area contributed by atoms with Crippen molar-refractivity contribution < 1.29 is 22.7 Å². The minimum Gasteiger partial charge on any atom is -0.492 e. The van der Waals surface area contributed by atoms with E-state index in [0.717, 1.165) is 33.2 Å². The fourth-order valence-electron chi connectivity index (χ4n) is 4.76. The lowest BCUT2D eigenvalue weighted by Gasteiger charge is -2.19. The number of likely N-dealkylation sites (tertiary alicyclic amines) is 1. The number of hydrogen-bond donors (Lipinski definition) is 0. The molecule has 1 unspecified atom stereocenters. The Morgan fingerprint density at radius 1 is 1.09 bits per heavy atom. The SMILES string of the molecule is O=C(CCN1CCC(c2ccccc2C(F)(F)F)C1)c1ccc2cc3c(cc2c1)OCCS3. The fourth-order valence-corrected chi connectivity index (χ4v) is 5.62. The van der Waals surface area contributed by atoms with Crippen LogP contribution in [-0.4, -0.2) is 42.7 Å². The van der Waals surface area contributed by atoms with Gasteiger partial charge in [0.1, 0.15) is 5.75 Å². The number of benzene rings is 3. The van der Waals surface area contributed by atoms with Crippen molar-refractivity contribution in [2.24, 2.45) is 0 Å². The summed E-state index contributed by atoms with van der Waals surface area (Å²) in [6.45, 7) is 2.47. The Bertz CT molecular complexity index is 1190. The minimum atomic E-state index is -4.35. The van der Waals surface area contributed by atoms with E-state index >= 15 is 0 Å². The van der Waals surface area contributed by atoms with Crippen LogP contribution in [0.5, 0.6) is 5.75 Å². The molecule has 2 aliphatic heterocycles. The average molecular weight is 472 g/mol. The highest BCUT2D eigenvalue weighted by molar-refractivity contribution is 7.99. The van der Waals surface area contributed by atoms with Gasteiger partial charge in [0.15, 0.2) is 5.78 Å². The van der Waals surface area contributed by atoms with Crippen molar-refractivity contribution in [2.45, 2.75) is 29.8 Å². The van der Waals surface area contributed by atoms with E-state index in [0.29, 0.717) is 50.2 Å². The van der Waals surface area contributed by atoms with Gasteiger partial charge in [0.05, 0.1) is 17.1 Å². The molecule has 3 nitrogen and oxygen atoms in total. The molecule has 0 N–H and O–H groups in total. The number of thioether (sulfide) groups is 1. The van der Waals surface area contributed by atoms with Gasteiger partial charge in [0.2, 0.25) is 0 Å². The van der Waals surface area contributed by atoms with Gasteiger partial charge in [-0.25, -0.2) is 0 Å². The van der Waals surface area contributed by atoms with E-state index in [9.17, 15) is 18.0 Å². The highest BCUT2D eigenvalue weighted by atomic mass is 32.2. The molecule has 3 aromatic rings. The van der Waals surface area contributed by atoms with Crippen molar-refractivity contribution in [1.29, 1.82) is 0 Å². The highest BCUT2D eigenvalue weighted by Gasteiger charge is 2.36. The van der Waals surface area contributed by atoms with Crippen molar-refractivity contribution in [3.8, 4) is 5.75 Å². The van der Waals surface area contributed by atoms with Crippen LogP contribution in [0, 0.1) is 0 Å². The summed E-state index contributed by atoms with van der Waals surface area (Å²) in [6.07, 6.45) is -3.34. The first-order valence-corrected chi connectivity index (χ1v) is 12.1. The molecule has 7 heteroatoms. The lowest BCUT2D eigenvalue weighted by molar-refractivity contribution is -0.138. The van der Waals surface area contributed by atoms with Crippen molar-refractivity contribution >= 4 is 28.3 Å². The van der Waals surface area contributed by atoms with E-state index in [1.165, 1.54) is 6.07 Å². The maximum atomic E-state index is 13.4. The van der Waals surface area contributed by atoms with Crippen LogP contribution in [0.15, 0.2) is 59.5 Å². The number of alkyl halides is 3. The van der Waals surface area contributed by atoms with E-state index in [1.807, 2.05) is 24.3 Å². The third-order valence-corrected chi connectivity index (χ3v) is 7.46. The maximum Gasteiger partial charge on any atom is 0.416 e. The van der Waals surface area contributed by atoms with Gasteiger partial charge in [-0.2, -0.15) is 13.2 Å². The number of ether oxygens (including phenoxy) is 1. The molecule has 33 heavy (non-hydrogen) atoms. The molecule has 3 aromatic carbocycles. The number of carbonyl (C=O) groups excluding carboxylic acids is 1. The first kappa shape index (κ1) is 22.3. The van der Waals surface area contributed by atoms with Crippen LogP contribution in [0.2, 0.25) is 0 Å². The fraction of sp³-hybridized carbons (Fsp3) is 0.346. The van der Waals surface area contributed by atoms with E-state index in [1.54, 1.807) is 23.9 Å². The Morgan fingerprint density at radius 3 is 2.79 bits per heavy atom. The number of carbonyl (C=O) groups is 1. The second kappa shape index (κ2) is 9.03. The van der Waals surface area contributed by atoms with E-state index in [2.05, 4.69) is 11.0 Å². The molecule has 2 aliphatic rings. The first-order valence-electron chi connectivity index (χ1n) is 11.1. The zero-order valence-electron chi connectivity index (χ0n) is 18.0. The third-order valence-electron chi connectivity index (χ3n) is 6.46. The summed E-state index contributed by atoms with van der Waals surface area (Å²) in [6, 6.07) is 15.7. The Labute approximate surface area is 194 Å². The molecular formula is C26H24F3NO2S. The molecular weight excluding hydrogens is 447 g/mol. The lowest BCUT2D eigenvalue weighted by atomic mass is 9.93. The molecule has 0 aromatic heterocycles. The number of hydrogen-bond acceptors (Lipinski definition) is 4. The Morgan fingerprint density at radius 2 is 1.94 bits per heavy atom. The number of Topliss-reactive ketones (excluding diaryl/α,β-unsaturated/α-hetero) is 1. The summed E-state index contributed by atoms with van der Waals surface area (Å²) in [4.78, 5) is 16.1. The van der Waals surface area contributed by atoms with Gasteiger partial charge in [-0.1, -0.05) is 30.3 Å². The Kier molecular flexibility index (Phi) is 6.10. The smallest absolute Gasteiger partial charge is 0.416 e. The normalized spacial score (nSPS) is 18.8. The van der Waals surface area contributed by atoms with Gasteiger partial charge in [-0.05, 0) is 59.5 Å². The van der Waals surface area contributed by atoms with Crippen molar-refractivity contribution in [1.82, 2.24) is 4.90 Å². The molecule has 1 fully saturated rings. The predicted molar refractivity (Wildman–Crippen MR) is 124 cm³/mol. The summed E-state index contributed by atoms with van der Waals surface area (Å²) in [5, 5.41) is 2.06. The number of fused-ring (bicyclic) bond motifs is 2. The second-order valence-corrected chi connectivity index (χ2v) is 9.74. The number of halogens is 3. The molecule has 172 valence electrons. The van der Waals surface area contributed by atoms with Crippen LogP contribution >= 0.6 is 11.8 Å². The third kappa shape index (κ3) is 4.75. The van der Waals surface area contributed by atoms with Gasteiger partial charge in [0, 0.05) is 30.8 Å². The largest absolute Gasteiger partial charge is 0.492 e. The van der Waals surface area contributed by atoms with E-state index in [-0.39, 0.29) is 11.7 Å². The predicted octanol–water partition coefficient (Wildman–Crippen LogP) is 6.41. The number of rotatable bonds is 5. The molecule has 0 amide bonds. The van der Waals surface area contributed by atoms with Gasteiger partial charge >= 0.3 is 6.18 Å². The zero-order valence-corrected chi connectivity index (χ0v) is 18.8. The molecule has 1 atom stereocenters. The minimum absolute atomic E-state index is 0.0454. The molecule has 0 spiro atoms. The lowest BCUT2D eigenvalue weighted by Crippen LogP contribution is -2.24. The first-order chi connectivity index (χ1) is 15.9. The Hall–Kier alpha value is -2.51. The molecule has 0 radical (unpaired) electrons. The van der Waals surface area contributed by atoms with Gasteiger partial charge < -0.3 is 9.64 Å².